The fraction of sp³-hybridized carbons (Fsp3) is 0.588. The van der Waals surface area contributed by atoms with Gasteiger partial charge in [0.05, 0.1) is 6.10 Å². The van der Waals surface area contributed by atoms with Gasteiger partial charge in [0, 0.05) is 40.1 Å². The second-order valence-electron chi connectivity index (χ2n) is 6.77. The first kappa shape index (κ1) is 17.9. The van der Waals surface area contributed by atoms with Crippen LogP contribution in [0.1, 0.15) is 39.2 Å². The lowest BCUT2D eigenvalue weighted by Crippen LogP contribution is -2.35. The Morgan fingerprint density at radius 3 is 2.83 bits per heavy atom. The highest BCUT2D eigenvalue weighted by atomic mass is 32.2. The van der Waals surface area contributed by atoms with E-state index in [1.54, 1.807) is 0 Å². The van der Waals surface area contributed by atoms with Crippen LogP contribution in [0, 0.1) is 0 Å². The van der Waals surface area contributed by atoms with E-state index < -0.39 is 10.8 Å². The van der Waals surface area contributed by atoms with Crippen LogP contribution in [0.3, 0.4) is 0 Å². The first-order valence-electron chi connectivity index (χ1n) is 7.98. The molecule has 2 unspecified atom stereocenters. The van der Waals surface area contributed by atoms with Crippen LogP contribution in [0.2, 0.25) is 0 Å². The molecule has 5 nitrogen and oxygen atoms in total. The van der Waals surface area contributed by atoms with E-state index >= 15 is 0 Å². The molecule has 2 rings (SSSR count). The Balaban J connectivity index is 1.86. The maximum atomic E-state index is 12.2. The number of urea groups is 1. The van der Waals surface area contributed by atoms with Crippen LogP contribution in [0.15, 0.2) is 24.3 Å². The minimum atomic E-state index is -0.959. The van der Waals surface area contributed by atoms with Gasteiger partial charge in [-0.2, -0.15) is 0 Å². The Kier molecular flexibility index (Phi) is 6.18. The number of carbonyl (C=O) groups excluding carboxylic acids is 1. The van der Waals surface area contributed by atoms with Gasteiger partial charge in [-0.15, -0.1) is 0 Å². The van der Waals surface area contributed by atoms with Gasteiger partial charge in [-0.1, -0.05) is 12.1 Å². The second kappa shape index (κ2) is 7.93. The van der Waals surface area contributed by atoms with Crippen LogP contribution >= 0.6 is 0 Å². The summed E-state index contributed by atoms with van der Waals surface area (Å²) in [5.41, 5.74) is 1.66. The van der Waals surface area contributed by atoms with Gasteiger partial charge in [0.2, 0.25) is 0 Å². The number of carbonyl (C=O) groups is 1. The summed E-state index contributed by atoms with van der Waals surface area (Å²) >= 11 is 0. The van der Waals surface area contributed by atoms with Crippen LogP contribution in [-0.4, -0.2) is 34.2 Å². The Bertz CT molecular complexity index is 563. The molecule has 6 heteroatoms. The summed E-state index contributed by atoms with van der Waals surface area (Å²) in [5.74, 6) is 0.483. The maximum Gasteiger partial charge on any atom is 0.319 e. The number of hydrogen-bond acceptors (Lipinski definition) is 3. The molecule has 128 valence electrons. The molecule has 0 spiro atoms. The van der Waals surface area contributed by atoms with E-state index in [4.69, 9.17) is 4.74 Å². The number of hydrogen-bond donors (Lipinski definition) is 2. The lowest BCUT2D eigenvalue weighted by Gasteiger charge is -2.18. The van der Waals surface area contributed by atoms with Gasteiger partial charge in [0.1, 0.15) is 0 Å². The normalized spacial score (nSPS) is 19.3. The van der Waals surface area contributed by atoms with Crippen molar-refractivity contribution in [3.8, 4) is 0 Å². The van der Waals surface area contributed by atoms with Crippen molar-refractivity contribution in [3.63, 3.8) is 0 Å². The van der Waals surface area contributed by atoms with E-state index in [1.165, 1.54) is 0 Å². The summed E-state index contributed by atoms with van der Waals surface area (Å²) in [6, 6.07) is 7.25. The third-order valence-electron chi connectivity index (χ3n) is 3.68. The molecule has 0 aromatic heterocycles. The van der Waals surface area contributed by atoms with E-state index in [-0.39, 0.29) is 16.9 Å². The molecule has 0 radical (unpaired) electrons. The molecule has 2 N–H and O–H groups in total. The van der Waals surface area contributed by atoms with Crippen LogP contribution < -0.4 is 10.6 Å². The zero-order valence-electron chi connectivity index (χ0n) is 14.1. The summed E-state index contributed by atoms with van der Waals surface area (Å²) in [7, 11) is -0.959. The summed E-state index contributed by atoms with van der Waals surface area (Å²) in [6.07, 6.45) is 2.18. The molecule has 1 saturated heterocycles. The lowest BCUT2D eigenvalue weighted by molar-refractivity contribution is 0.112. The van der Waals surface area contributed by atoms with Crippen molar-refractivity contribution in [3.05, 3.63) is 29.8 Å². The summed E-state index contributed by atoms with van der Waals surface area (Å²) < 4.78 is 17.4. The molecule has 0 aliphatic carbocycles. The highest BCUT2D eigenvalue weighted by molar-refractivity contribution is 7.85. The van der Waals surface area contributed by atoms with Crippen LogP contribution in [-0.2, 0) is 21.3 Å². The second-order valence-corrected chi connectivity index (χ2v) is 8.98. The van der Waals surface area contributed by atoms with Gasteiger partial charge >= 0.3 is 6.03 Å². The van der Waals surface area contributed by atoms with Gasteiger partial charge in [-0.25, -0.2) is 4.79 Å². The largest absolute Gasteiger partial charge is 0.376 e. The minimum absolute atomic E-state index is 0.126. The van der Waals surface area contributed by atoms with E-state index in [0.29, 0.717) is 18.0 Å². The lowest BCUT2D eigenvalue weighted by atomic mass is 10.2. The highest BCUT2D eigenvalue weighted by Crippen LogP contribution is 2.18. The topological polar surface area (TPSA) is 67.4 Å². The van der Waals surface area contributed by atoms with Gasteiger partial charge in [0.15, 0.2) is 0 Å². The number of amides is 2. The first-order valence-corrected chi connectivity index (χ1v) is 9.30. The average molecular weight is 338 g/mol. The molecular weight excluding hydrogens is 312 g/mol. The number of nitrogens with one attached hydrogen (secondary N) is 2. The molecule has 1 aromatic carbocycles. The monoisotopic (exact) mass is 338 g/mol. The fourth-order valence-corrected chi connectivity index (χ4v) is 3.21. The molecule has 0 saturated carbocycles. The fourth-order valence-electron chi connectivity index (χ4n) is 2.29. The first-order chi connectivity index (χ1) is 10.8. The third kappa shape index (κ3) is 5.95. The van der Waals surface area contributed by atoms with Crippen molar-refractivity contribution in [1.29, 1.82) is 0 Å². The Morgan fingerprint density at radius 1 is 1.39 bits per heavy atom. The zero-order chi connectivity index (χ0) is 16.9. The third-order valence-corrected chi connectivity index (χ3v) is 5.64. The van der Waals surface area contributed by atoms with Crippen molar-refractivity contribution >= 4 is 22.5 Å². The Morgan fingerprint density at radius 2 is 2.17 bits per heavy atom. The summed E-state index contributed by atoms with van der Waals surface area (Å²) in [5, 5.41) is 5.64. The van der Waals surface area contributed by atoms with Crippen LogP contribution in [0.4, 0.5) is 10.5 Å². The molecular formula is C17H26N2O3S. The predicted octanol–water partition coefficient (Wildman–Crippen LogP) is 3.03. The van der Waals surface area contributed by atoms with Gasteiger partial charge < -0.3 is 15.4 Å². The zero-order valence-corrected chi connectivity index (χ0v) is 14.9. The smallest absolute Gasteiger partial charge is 0.319 e. The Labute approximate surface area is 140 Å². The van der Waals surface area contributed by atoms with Crippen molar-refractivity contribution in [1.82, 2.24) is 5.32 Å². The molecule has 1 aliphatic rings. The molecule has 2 atom stereocenters. The van der Waals surface area contributed by atoms with Gasteiger partial charge in [0.25, 0.3) is 0 Å². The Hall–Kier alpha value is -1.40. The SMILES string of the molecule is CC(C)(C)S(=O)Cc1cccc(NC(=O)NCC2CCCO2)c1. The van der Waals surface area contributed by atoms with Crippen molar-refractivity contribution in [2.24, 2.45) is 0 Å². The number of ether oxygens (including phenoxy) is 1. The molecule has 1 aliphatic heterocycles. The van der Waals surface area contributed by atoms with Gasteiger partial charge in [-0.3, -0.25) is 4.21 Å². The van der Waals surface area contributed by atoms with Crippen molar-refractivity contribution < 1.29 is 13.7 Å². The van der Waals surface area contributed by atoms with Crippen molar-refractivity contribution in [2.75, 3.05) is 18.5 Å². The number of rotatable bonds is 5. The van der Waals surface area contributed by atoms with Gasteiger partial charge in [-0.05, 0) is 51.3 Å². The summed E-state index contributed by atoms with van der Waals surface area (Å²) in [6.45, 7) is 7.19. The molecule has 23 heavy (non-hydrogen) atoms. The molecule has 1 heterocycles. The van der Waals surface area contributed by atoms with Crippen molar-refractivity contribution in [2.45, 2.75) is 50.2 Å². The van der Waals surface area contributed by atoms with E-state index in [9.17, 15) is 9.00 Å². The van der Waals surface area contributed by atoms with Crippen LogP contribution in [0.25, 0.3) is 0 Å². The maximum absolute atomic E-state index is 12.2. The van der Waals surface area contributed by atoms with E-state index in [2.05, 4.69) is 10.6 Å². The molecule has 0 bridgehead atoms. The molecule has 2 amide bonds. The average Bonchev–Trinajstić information content (AvgIpc) is 2.98. The van der Waals surface area contributed by atoms with E-state index in [0.717, 1.165) is 25.0 Å². The number of anilines is 1. The highest BCUT2D eigenvalue weighted by Gasteiger charge is 2.20. The quantitative estimate of drug-likeness (QED) is 0.867. The number of benzene rings is 1. The summed E-state index contributed by atoms with van der Waals surface area (Å²) in [4.78, 5) is 11.9. The molecule has 1 aromatic rings. The van der Waals surface area contributed by atoms with Crippen LogP contribution in [0.5, 0.6) is 0 Å². The predicted molar refractivity (Wildman–Crippen MR) is 94.0 cm³/mol. The standard InChI is InChI=1S/C17H26N2O3S/c1-17(2,3)23(21)12-13-6-4-7-14(10-13)19-16(20)18-11-15-8-5-9-22-15/h4,6-7,10,15H,5,8-9,11-12H2,1-3H3,(H2,18,19,20). The molecule has 1 fully saturated rings. The van der Waals surface area contributed by atoms with E-state index in [1.807, 2.05) is 45.0 Å². The minimum Gasteiger partial charge on any atom is -0.376 e.